The molecule has 0 heterocycles. The largest absolute Gasteiger partial charge is 0.345 e. The van der Waals surface area contributed by atoms with Gasteiger partial charge in [-0.1, -0.05) is 26.7 Å². The molecule has 0 spiro atoms. The smallest absolute Gasteiger partial charge is 0.313 e. The van der Waals surface area contributed by atoms with E-state index < -0.39 is 17.6 Å². The van der Waals surface area contributed by atoms with Crippen LogP contribution in [0.3, 0.4) is 0 Å². The Kier molecular flexibility index (Phi) is 5.91. The number of carbonyl (C=O) groups excluding carboxylic acids is 2. The van der Waals surface area contributed by atoms with E-state index in [4.69, 9.17) is 5.26 Å². The molecule has 5 nitrogen and oxygen atoms in total. The highest BCUT2D eigenvalue weighted by Crippen LogP contribution is 2.30. The van der Waals surface area contributed by atoms with Crippen LogP contribution in [0.4, 0.5) is 10.1 Å². The SMILES string of the molecule is CC(C)[C@@H]1CCCC[C@H]1NC(=O)C(=O)Nc1ccc(F)c(C#N)c1. The molecule has 0 bridgehead atoms. The van der Waals surface area contributed by atoms with Crippen LogP contribution in [0, 0.1) is 29.0 Å². The van der Waals surface area contributed by atoms with Crippen molar-refractivity contribution in [2.75, 3.05) is 5.32 Å². The fourth-order valence-corrected chi connectivity index (χ4v) is 3.25. The molecule has 1 saturated carbocycles. The number of rotatable bonds is 3. The summed E-state index contributed by atoms with van der Waals surface area (Å²) in [6.07, 6.45) is 4.11. The highest BCUT2D eigenvalue weighted by atomic mass is 19.1. The summed E-state index contributed by atoms with van der Waals surface area (Å²) in [7, 11) is 0. The normalized spacial score (nSPS) is 20.3. The molecular formula is C18H22FN3O2. The summed E-state index contributed by atoms with van der Waals surface area (Å²) in [5.74, 6) is -1.36. The van der Waals surface area contributed by atoms with Gasteiger partial charge in [-0.15, -0.1) is 0 Å². The molecule has 2 atom stereocenters. The van der Waals surface area contributed by atoms with Gasteiger partial charge in [0.05, 0.1) is 5.56 Å². The maximum Gasteiger partial charge on any atom is 0.313 e. The van der Waals surface area contributed by atoms with E-state index in [1.165, 1.54) is 12.1 Å². The van der Waals surface area contributed by atoms with E-state index >= 15 is 0 Å². The number of amides is 2. The number of hydrogen-bond acceptors (Lipinski definition) is 3. The van der Waals surface area contributed by atoms with Crippen LogP contribution in [-0.4, -0.2) is 17.9 Å². The third kappa shape index (κ3) is 4.31. The summed E-state index contributed by atoms with van der Waals surface area (Å²) in [6.45, 7) is 4.24. The average molecular weight is 331 g/mol. The van der Waals surface area contributed by atoms with E-state index in [1.54, 1.807) is 6.07 Å². The average Bonchev–Trinajstić information content (AvgIpc) is 2.56. The monoisotopic (exact) mass is 331 g/mol. The Labute approximate surface area is 141 Å². The molecule has 2 N–H and O–H groups in total. The standard InChI is InChI=1S/C18H22FN3O2/c1-11(2)14-5-3-4-6-16(14)22-18(24)17(23)21-13-7-8-15(19)12(9-13)10-20/h7-9,11,14,16H,3-6H2,1-2H3,(H,21,23)(H,22,24)/t14-,16+/m0/s1. The first-order valence-electron chi connectivity index (χ1n) is 8.24. The van der Waals surface area contributed by atoms with Crippen molar-refractivity contribution < 1.29 is 14.0 Å². The van der Waals surface area contributed by atoms with E-state index in [2.05, 4.69) is 24.5 Å². The van der Waals surface area contributed by atoms with E-state index in [9.17, 15) is 14.0 Å². The number of carbonyl (C=O) groups is 2. The second-order valence-electron chi connectivity index (χ2n) is 6.53. The fraction of sp³-hybridized carbons (Fsp3) is 0.500. The molecular weight excluding hydrogens is 309 g/mol. The number of nitrogens with one attached hydrogen (secondary N) is 2. The fourth-order valence-electron chi connectivity index (χ4n) is 3.25. The second-order valence-corrected chi connectivity index (χ2v) is 6.53. The first-order valence-corrected chi connectivity index (χ1v) is 8.24. The number of anilines is 1. The van der Waals surface area contributed by atoms with Gasteiger partial charge in [-0.05, 0) is 42.9 Å². The summed E-state index contributed by atoms with van der Waals surface area (Å²) < 4.78 is 13.3. The summed E-state index contributed by atoms with van der Waals surface area (Å²) >= 11 is 0. The number of hydrogen-bond donors (Lipinski definition) is 2. The Balaban J connectivity index is 1.99. The van der Waals surface area contributed by atoms with Crippen molar-refractivity contribution in [3.05, 3.63) is 29.6 Å². The Bertz CT molecular complexity index is 667. The first-order chi connectivity index (χ1) is 11.4. The Morgan fingerprint density at radius 2 is 1.96 bits per heavy atom. The Morgan fingerprint density at radius 3 is 2.62 bits per heavy atom. The van der Waals surface area contributed by atoms with Crippen LogP contribution < -0.4 is 10.6 Å². The van der Waals surface area contributed by atoms with Crippen LogP contribution in [0.5, 0.6) is 0 Å². The predicted molar refractivity (Wildman–Crippen MR) is 88.5 cm³/mol. The molecule has 0 saturated heterocycles. The predicted octanol–water partition coefficient (Wildman–Crippen LogP) is 2.97. The van der Waals surface area contributed by atoms with Crippen LogP contribution in [0.15, 0.2) is 18.2 Å². The summed E-state index contributed by atoms with van der Waals surface area (Å²) in [6, 6.07) is 5.31. The molecule has 6 heteroatoms. The van der Waals surface area contributed by atoms with Crippen molar-refractivity contribution in [2.24, 2.45) is 11.8 Å². The van der Waals surface area contributed by atoms with Crippen molar-refractivity contribution in [3.8, 4) is 6.07 Å². The zero-order valence-electron chi connectivity index (χ0n) is 13.9. The lowest BCUT2D eigenvalue weighted by atomic mass is 9.78. The van der Waals surface area contributed by atoms with Gasteiger partial charge < -0.3 is 10.6 Å². The molecule has 1 aromatic rings. The van der Waals surface area contributed by atoms with E-state index in [-0.39, 0.29) is 17.3 Å². The number of nitrogens with zero attached hydrogens (tertiary/aromatic N) is 1. The van der Waals surface area contributed by atoms with Gasteiger partial charge in [0, 0.05) is 11.7 Å². The van der Waals surface area contributed by atoms with Crippen LogP contribution in [0.2, 0.25) is 0 Å². The van der Waals surface area contributed by atoms with E-state index in [1.807, 2.05) is 0 Å². The molecule has 1 aromatic carbocycles. The quantitative estimate of drug-likeness (QED) is 0.835. The van der Waals surface area contributed by atoms with Crippen LogP contribution in [-0.2, 0) is 9.59 Å². The van der Waals surface area contributed by atoms with Gasteiger partial charge in [-0.3, -0.25) is 9.59 Å². The lowest BCUT2D eigenvalue weighted by Crippen LogP contribution is -2.47. The van der Waals surface area contributed by atoms with Gasteiger partial charge in [0.2, 0.25) is 0 Å². The molecule has 1 aliphatic rings. The van der Waals surface area contributed by atoms with Gasteiger partial charge in [0.25, 0.3) is 0 Å². The third-order valence-corrected chi connectivity index (χ3v) is 4.54. The molecule has 2 rings (SSSR count). The van der Waals surface area contributed by atoms with Gasteiger partial charge in [0.1, 0.15) is 11.9 Å². The molecule has 0 aromatic heterocycles. The highest BCUT2D eigenvalue weighted by molar-refractivity contribution is 6.39. The van der Waals surface area contributed by atoms with Gasteiger partial charge >= 0.3 is 11.8 Å². The summed E-state index contributed by atoms with van der Waals surface area (Å²) in [5, 5.41) is 14.0. The summed E-state index contributed by atoms with van der Waals surface area (Å²) in [5.41, 5.74) is 0.0394. The van der Waals surface area contributed by atoms with Crippen molar-refractivity contribution in [2.45, 2.75) is 45.6 Å². The lowest BCUT2D eigenvalue weighted by Gasteiger charge is -2.34. The molecule has 1 fully saturated rings. The molecule has 1 aliphatic carbocycles. The molecule has 128 valence electrons. The summed E-state index contributed by atoms with van der Waals surface area (Å²) in [4.78, 5) is 24.2. The molecule has 0 unspecified atom stereocenters. The zero-order chi connectivity index (χ0) is 17.7. The van der Waals surface area contributed by atoms with Crippen molar-refractivity contribution in [1.29, 1.82) is 5.26 Å². The van der Waals surface area contributed by atoms with E-state index in [0.29, 0.717) is 11.8 Å². The minimum atomic E-state index is -0.807. The number of halogens is 1. The van der Waals surface area contributed by atoms with Crippen LogP contribution in [0.1, 0.15) is 45.1 Å². The maximum absolute atomic E-state index is 13.3. The van der Waals surface area contributed by atoms with Crippen molar-refractivity contribution in [1.82, 2.24) is 5.32 Å². The van der Waals surface area contributed by atoms with Crippen LogP contribution in [0.25, 0.3) is 0 Å². The molecule has 0 radical (unpaired) electrons. The zero-order valence-corrected chi connectivity index (χ0v) is 13.9. The minimum Gasteiger partial charge on any atom is -0.345 e. The maximum atomic E-state index is 13.3. The van der Waals surface area contributed by atoms with Crippen molar-refractivity contribution in [3.63, 3.8) is 0 Å². The number of nitriles is 1. The Hall–Kier alpha value is -2.42. The van der Waals surface area contributed by atoms with E-state index in [0.717, 1.165) is 31.7 Å². The second kappa shape index (κ2) is 7.91. The van der Waals surface area contributed by atoms with Gasteiger partial charge in [0.15, 0.2) is 0 Å². The first kappa shape index (κ1) is 17.9. The molecule has 0 aliphatic heterocycles. The lowest BCUT2D eigenvalue weighted by molar-refractivity contribution is -0.137. The highest BCUT2D eigenvalue weighted by Gasteiger charge is 2.30. The molecule has 2 amide bonds. The van der Waals surface area contributed by atoms with Crippen molar-refractivity contribution >= 4 is 17.5 Å². The topological polar surface area (TPSA) is 82.0 Å². The molecule has 24 heavy (non-hydrogen) atoms. The number of benzene rings is 1. The van der Waals surface area contributed by atoms with Gasteiger partial charge in [-0.25, -0.2) is 4.39 Å². The Morgan fingerprint density at radius 1 is 1.25 bits per heavy atom. The van der Waals surface area contributed by atoms with Gasteiger partial charge in [-0.2, -0.15) is 5.26 Å². The van der Waals surface area contributed by atoms with Crippen LogP contribution >= 0.6 is 0 Å². The third-order valence-electron chi connectivity index (χ3n) is 4.54. The minimum absolute atomic E-state index is 0.000104.